The van der Waals surface area contributed by atoms with E-state index in [0.717, 1.165) is 12.0 Å². The number of nitrogens with zero attached hydrogens (tertiary/aromatic N) is 1. The quantitative estimate of drug-likeness (QED) is 0.528. The zero-order chi connectivity index (χ0) is 23.8. The van der Waals surface area contributed by atoms with Crippen molar-refractivity contribution in [2.45, 2.75) is 38.0 Å². The molecule has 0 aliphatic carbocycles. The molecule has 0 aromatic heterocycles. The van der Waals surface area contributed by atoms with E-state index in [2.05, 4.69) is 5.32 Å². The minimum absolute atomic E-state index is 0.0447. The molecule has 1 saturated heterocycles. The Bertz CT molecular complexity index is 1180. The second-order valence-electron chi connectivity index (χ2n) is 8.89. The summed E-state index contributed by atoms with van der Waals surface area (Å²) in [5.41, 5.74) is 1.69. The van der Waals surface area contributed by atoms with E-state index in [1.807, 2.05) is 13.8 Å². The Morgan fingerprint density at radius 3 is 2.48 bits per heavy atom. The molecule has 0 bridgehead atoms. The average molecular weight is 473 g/mol. The fourth-order valence-electron chi connectivity index (χ4n) is 4.54. The second-order valence-corrected chi connectivity index (χ2v) is 10.8. The summed E-state index contributed by atoms with van der Waals surface area (Å²) in [6, 6.07) is 9.28. The fourth-order valence-corrected chi connectivity index (χ4v) is 6.40. The molecule has 1 fully saturated rings. The fraction of sp³-hybridized carbons (Fsp3) is 0.417. The Hall–Kier alpha value is -2.91. The summed E-state index contributed by atoms with van der Waals surface area (Å²) in [4.78, 5) is 24.3. The van der Waals surface area contributed by atoms with E-state index in [1.165, 1.54) is 29.6 Å². The van der Waals surface area contributed by atoms with Crippen LogP contribution in [-0.2, 0) is 21.2 Å². The topological polar surface area (TPSA) is 102 Å². The highest BCUT2D eigenvalue weighted by molar-refractivity contribution is 7.89. The average Bonchev–Trinajstić information content (AvgIpc) is 2.78. The predicted molar refractivity (Wildman–Crippen MR) is 123 cm³/mol. The lowest BCUT2D eigenvalue weighted by atomic mass is 9.94. The van der Waals surface area contributed by atoms with Crippen molar-refractivity contribution < 1.29 is 27.5 Å². The molecule has 9 heteroatoms. The van der Waals surface area contributed by atoms with Gasteiger partial charge in [0.15, 0.2) is 0 Å². The van der Waals surface area contributed by atoms with Crippen molar-refractivity contribution in [2.75, 3.05) is 25.5 Å². The normalized spacial score (nSPS) is 21.1. The number of piperidine rings is 1. The molecule has 176 valence electrons. The smallest absolute Gasteiger partial charge is 0.343 e. The van der Waals surface area contributed by atoms with Crippen LogP contribution in [0, 0.1) is 11.8 Å². The van der Waals surface area contributed by atoms with Gasteiger partial charge in [0.1, 0.15) is 16.4 Å². The van der Waals surface area contributed by atoms with Crippen LogP contribution >= 0.6 is 0 Å². The number of fused-ring (bicyclic) bond motifs is 1. The molecule has 0 spiro atoms. The van der Waals surface area contributed by atoms with Crippen LogP contribution in [0.15, 0.2) is 41.3 Å². The first-order valence-electron chi connectivity index (χ1n) is 11.0. The van der Waals surface area contributed by atoms with Crippen molar-refractivity contribution in [3.63, 3.8) is 0 Å². The third-order valence-corrected chi connectivity index (χ3v) is 7.89. The molecule has 2 aliphatic heterocycles. The Labute approximate surface area is 193 Å². The molecule has 33 heavy (non-hydrogen) atoms. The summed E-state index contributed by atoms with van der Waals surface area (Å²) in [5.74, 6) is 0.287. The third kappa shape index (κ3) is 4.89. The van der Waals surface area contributed by atoms with E-state index >= 15 is 0 Å². The Morgan fingerprint density at radius 1 is 1.06 bits per heavy atom. The highest BCUT2D eigenvalue weighted by Crippen LogP contribution is 2.33. The number of rotatable bonds is 5. The van der Waals surface area contributed by atoms with Gasteiger partial charge in [-0.25, -0.2) is 13.2 Å². The van der Waals surface area contributed by atoms with Crippen LogP contribution in [-0.4, -0.2) is 44.8 Å². The molecule has 2 aromatic carbocycles. The Morgan fingerprint density at radius 2 is 1.79 bits per heavy atom. The maximum atomic E-state index is 13.4. The van der Waals surface area contributed by atoms with Crippen LogP contribution in [0.3, 0.4) is 0 Å². The predicted octanol–water partition coefficient (Wildman–Crippen LogP) is 3.47. The molecular weight excluding hydrogens is 444 g/mol. The van der Waals surface area contributed by atoms with Crippen molar-refractivity contribution in [1.29, 1.82) is 0 Å². The molecule has 2 atom stereocenters. The minimum Gasteiger partial charge on any atom is -0.495 e. The lowest BCUT2D eigenvalue weighted by molar-refractivity contribution is -0.116. The monoisotopic (exact) mass is 472 g/mol. The first-order valence-corrected chi connectivity index (χ1v) is 12.4. The molecular formula is C24H28N2O6S. The van der Waals surface area contributed by atoms with Gasteiger partial charge in [-0.15, -0.1) is 0 Å². The number of benzene rings is 2. The lowest BCUT2D eigenvalue weighted by Crippen LogP contribution is -2.42. The lowest BCUT2D eigenvalue weighted by Gasteiger charge is -2.34. The summed E-state index contributed by atoms with van der Waals surface area (Å²) in [7, 11) is -2.45. The summed E-state index contributed by atoms with van der Waals surface area (Å²) in [6.07, 6.45) is 1.90. The van der Waals surface area contributed by atoms with E-state index in [0.29, 0.717) is 37.4 Å². The summed E-state index contributed by atoms with van der Waals surface area (Å²) < 4.78 is 39.2. The van der Waals surface area contributed by atoms with Crippen LogP contribution in [0.4, 0.5) is 5.69 Å². The van der Waals surface area contributed by atoms with Crippen LogP contribution in [0.5, 0.6) is 11.5 Å². The standard InChI is InChI=1S/C24H28N2O6S/c1-15-10-16(2)14-26(13-15)33(29,30)22-12-18(4-8-21(22)31-3)24(28)32-19-6-7-20-17(11-19)5-9-23(27)25-20/h4,6-8,11-12,15-16H,5,9-10,13-14H2,1-3H3,(H,25,27). The number of hydrogen-bond acceptors (Lipinski definition) is 6. The van der Waals surface area contributed by atoms with Gasteiger partial charge in [0.05, 0.1) is 12.7 Å². The molecule has 2 unspecified atom stereocenters. The first-order chi connectivity index (χ1) is 15.7. The molecule has 2 heterocycles. The van der Waals surface area contributed by atoms with Crippen LogP contribution in [0.1, 0.15) is 42.6 Å². The van der Waals surface area contributed by atoms with Gasteiger partial charge in [0.2, 0.25) is 15.9 Å². The number of hydrogen-bond donors (Lipinski definition) is 1. The number of sulfonamides is 1. The molecule has 8 nitrogen and oxygen atoms in total. The summed E-state index contributed by atoms with van der Waals surface area (Å²) in [5, 5.41) is 2.78. The first kappa shape index (κ1) is 23.3. The van der Waals surface area contributed by atoms with Gasteiger partial charge in [0.25, 0.3) is 0 Å². The van der Waals surface area contributed by atoms with Crippen LogP contribution in [0.25, 0.3) is 0 Å². The molecule has 0 saturated carbocycles. The van der Waals surface area contributed by atoms with Gasteiger partial charge in [-0.2, -0.15) is 4.31 Å². The van der Waals surface area contributed by atoms with Crippen molar-refractivity contribution in [2.24, 2.45) is 11.8 Å². The van der Waals surface area contributed by atoms with E-state index in [1.54, 1.807) is 18.2 Å². The van der Waals surface area contributed by atoms with Crippen molar-refractivity contribution in [1.82, 2.24) is 4.31 Å². The highest BCUT2D eigenvalue weighted by Gasteiger charge is 2.34. The Kier molecular flexibility index (Phi) is 6.45. The van der Waals surface area contributed by atoms with E-state index in [-0.39, 0.29) is 34.0 Å². The van der Waals surface area contributed by atoms with E-state index in [9.17, 15) is 18.0 Å². The number of esters is 1. The van der Waals surface area contributed by atoms with Gasteiger partial charge in [-0.05, 0) is 66.6 Å². The van der Waals surface area contributed by atoms with Crippen molar-refractivity contribution in [3.05, 3.63) is 47.5 Å². The number of aryl methyl sites for hydroxylation is 1. The van der Waals surface area contributed by atoms with Crippen molar-refractivity contribution in [3.8, 4) is 11.5 Å². The van der Waals surface area contributed by atoms with Crippen molar-refractivity contribution >= 4 is 27.6 Å². The summed E-state index contributed by atoms with van der Waals surface area (Å²) in [6.45, 7) is 4.92. The summed E-state index contributed by atoms with van der Waals surface area (Å²) >= 11 is 0. The van der Waals surface area contributed by atoms with Crippen LogP contribution in [0.2, 0.25) is 0 Å². The van der Waals surface area contributed by atoms with Crippen LogP contribution < -0.4 is 14.8 Å². The highest BCUT2D eigenvalue weighted by atomic mass is 32.2. The van der Waals surface area contributed by atoms with Gasteiger partial charge in [-0.3, -0.25) is 4.79 Å². The zero-order valence-electron chi connectivity index (χ0n) is 19.0. The zero-order valence-corrected chi connectivity index (χ0v) is 19.8. The van der Waals surface area contributed by atoms with Gasteiger partial charge >= 0.3 is 5.97 Å². The van der Waals surface area contributed by atoms with E-state index in [4.69, 9.17) is 9.47 Å². The molecule has 0 radical (unpaired) electrons. The van der Waals surface area contributed by atoms with Gasteiger partial charge in [0, 0.05) is 25.2 Å². The number of carbonyl (C=O) groups excluding carboxylic acids is 2. The molecule has 1 amide bonds. The number of methoxy groups -OCH3 is 1. The SMILES string of the molecule is COc1ccc(C(=O)Oc2ccc3c(c2)CCC(=O)N3)cc1S(=O)(=O)N1CC(C)CC(C)C1. The number of anilines is 1. The minimum atomic E-state index is -3.86. The third-order valence-electron chi connectivity index (χ3n) is 6.04. The molecule has 2 aromatic rings. The maximum Gasteiger partial charge on any atom is 0.343 e. The van der Waals surface area contributed by atoms with Gasteiger partial charge in [-0.1, -0.05) is 13.8 Å². The van der Waals surface area contributed by atoms with E-state index < -0.39 is 16.0 Å². The Balaban J connectivity index is 1.60. The molecule has 2 aliphatic rings. The largest absolute Gasteiger partial charge is 0.495 e. The van der Waals surface area contributed by atoms with Gasteiger partial charge < -0.3 is 14.8 Å². The maximum absolute atomic E-state index is 13.4. The molecule has 4 rings (SSSR count). The second kappa shape index (κ2) is 9.15. The number of ether oxygens (including phenoxy) is 2. The number of amides is 1. The molecule has 1 N–H and O–H groups in total. The number of carbonyl (C=O) groups is 2. The number of nitrogens with one attached hydrogen (secondary N) is 1.